The van der Waals surface area contributed by atoms with Gasteiger partial charge in [-0.15, -0.1) is 0 Å². The molecule has 1 amide bonds. The number of benzene rings is 1. The van der Waals surface area contributed by atoms with E-state index in [-0.39, 0.29) is 28.3 Å². The molecule has 0 atom stereocenters. The third-order valence-corrected chi connectivity index (χ3v) is 6.12. The Bertz CT molecular complexity index is 1380. The van der Waals surface area contributed by atoms with Gasteiger partial charge < -0.3 is 25.2 Å². The number of nitrogens with one attached hydrogen (secondary N) is 3. The van der Waals surface area contributed by atoms with E-state index in [1.54, 1.807) is 6.20 Å². The summed E-state index contributed by atoms with van der Waals surface area (Å²) < 4.78 is 20.1. The lowest BCUT2D eigenvalue weighted by molar-refractivity contribution is 0.0977. The molecule has 200 valence electrons. The maximum atomic E-state index is 14.8. The van der Waals surface area contributed by atoms with Crippen LogP contribution in [-0.4, -0.2) is 76.9 Å². The fourth-order valence-electron chi connectivity index (χ4n) is 3.93. The van der Waals surface area contributed by atoms with Crippen molar-refractivity contribution in [2.24, 2.45) is 5.41 Å². The smallest absolute Gasteiger partial charge is 0.256 e. The Morgan fingerprint density at radius 3 is 2.58 bits per heavy atom. The van der Waals surface area contributed by atoms with Crippen molar-refractivity contribution in [2.45, 2.75) is 20.8 Å². The monoisotopic (exact) mass is 521 g/mol. The molecule has 1 fully saturated rings. The fraction of sp³-hybridized carbons (Fsp3) is 0.385. The first-order chi connectivity index (χ1) is 18.0. The van der Waals surface area contributed by atoms with Crippen molar-refractivity contribution in [1.82, 2.24) is 30.2 Å². The van der Waals surface area contributed by atoms with Crippen LogP contribution in [0, 0.1) is 16.6 Å². The molecular weight excluding hydrogens is 489 g/mol. The molecule has 1 aromatic carbocycles. The quantitative estimate of drug-likeness (QED) is 0.254. The van der Waals surface area contributed by atoms with Gasteiger partial charge in [0.05, 0.1) is 19.0 Å². The molecule has 0 bridgehead atoms. The Morgan fingerprint density at radius 2 is 1.89 bits per heavy atom. The minimum Gasteiger partial charge on any atom is -0.500 e. The van der Waals surface area contributed by atoms with Gasteiger partial charge in [-0.05, 0) is 25.2 Å². The Morgan fingerprint density at radius 1 is 1.16 bits per heavy atom. The highest BCUT2D eigenvalue weighted by atomic mass is 19.1. The molecule has 0 aliphatic carbocycles. The number of aromatic nitrogens is 4. The van der Waals surface area contributed by atoms with Crippen molar-refractivity contribution >= 4 is 40.2 Å². The van der Waals surface area contributed by atoms with Crippen LogP contribution in [0.5, 0.6) is 0 Å². The van der Waals surface area contributed by atoms with E-state index in [1.165, 1.54) is 37.7 Å². The van der Waals surface area contributed by atoms with E-state index < -0.39 is 11.7 Å². The Labute approximate surface area is 220 Å². The zero-order valence-electron chi connectivity index (χ0n) is 22.2. The van der Waals surface area contributed by atoms with E-state index in [4.69, 9.17) is 10.1 Å². The number of halogens is 1. The number of hydrogen-bond acceptors (Lipinski definition) is 10. The molecular formula is C26H32FN9O2. The maximum absolute atomic E-state index is 14.8. The maximum Gasteiger partial charge on any atom is 0.256 e. The summed E-state index contributed by atoms with van der Waals surface area (Å²) in [7, 11) is 3.58. The summed E-state index contributed by atoms with van der Waals surface area (Å²) >= 11 is 0. The number of rotatable bonds is 6. The summed E-state index contributed by atoms with van der Waals surface area (Å²) in [5.41, 5.74) is 0.793. The van der Waals surface area contributed by atoms with Crippen LogP contribution in [0.1, 0.15) is 31.1 Å². The molecule has 1 aliphatic rings. The van der Waals surface area contributed by atoms with Crippen LogP contribution in [0.2, 0.25) is 0 Å². The van der Waals surface area contributed by atoms with Crippen LogP contribution in [0.4, 0.5) is 21.8 Å². The Kier molecular flexibility index (Phi) is 7.81. The second-order valence-electron chi connectivity index (χ2n) is 10.1. The van der Waals surface area contributed by atoms with Gasteiger partial charge in [-0.3, -0.25) is 10.2 Å². The van der Waals surface area contributed by atoms with E-state index in [1.807, 2.05) is 20.8 Å². The van der Waals surface area contributed by atoms with E-state index >= 15 is 0 Å². The number of allylic oxidation sites excluding steroid dienone is 1. The number of nitrogens with zero attached hydrogens (tertiary/aromatic N) is 6. The van der Waals surface area contributed by atoms with Crippen LogP contribution >= 0.6 is 0 Å². The lowest BCUT2D eigenvalue weighted by Crippen LogP contribution is -2.45. The Hall–Kier alpha value is -4.19. The molecule has 1 aliphatic heterocycles. The number of amidine groups is 1. The van der Waals surface area contributed by atoms with E-state index in [0.29, 0.717) is 22.7 Å². The molecule has 2 aromatic heterocycles. The van der Waals surface area contributed by atoms with Crippen molar-refractivity contribution in [3.8, 4) is 0 Å². The predicted molar refractivity (Wildman–Crippen MR) is 144 cm³/mol. The number of anilines is 3. The average molecular weight is 522 g/mol. The van der Waals surface area contributed by atoms with Gasteiger partial charge in [0.1, 0.15) is 34.8 Å². The molecule has 1 saturated heterocycles. The van der Waals surface area contributed by atoms with Crippen molar-refractivity contribution in [1.29, 1.82) is 5.41 Å². The molecule has 0 radical (unpaired) electrons. The second kappa shape index (κ2) is 11.1. The molecule has 12 heteroatoms. The van der Waals surface area contributed by atoms with Crippen LogP contribution in [-0.2, 0) is 4.74 Å². The van der Waals surface area contributed by atoms with Gasteiger partial charge in [0.2, 0.25) is 5.95 Å². The summed E-state index contributed by atoms with van der Waals surface area (Å²) in [6, 6.07) is 3.89. The molecule has 3 aromatic rings. The van der Waals surface area contributed by atoms with Gasteiger partial charge in [-0.1, -0.05) is 20.8 Å². The summed E-state index contributed by atoms with van der Waals surface area (Å²) in [5, 5.41) is 13.6. The average Bonchev–Trinajstić information content (AvgIpc) is 2.88. The van der Waals surface area contributed by atoms with Gasteiger partial charge in [-0.2, -0.15) is 0 Å². The number of carbonyl (C=O) groups is 1. The molecule has 3 heterocycles. The largest absolute Gasteiger partial charge is 0.500 e. The zero-order valence-corrected chi connectivity index (χ0v) is 22.2. The summed E-state index contributed by atoms with van der Waals surface area (Å²) in [4.78, 5) is 34.7. The number of methoxy groups -OCH3 is 1. The van der Waals surface area contributed by atoms with Crippen LogP contribution in [0.25, 0.3) is 11.0 Å². The molecule has 0 saturated carbocycles. The van der Waals surface area contributed by atoms with E-state index in [0.717, 1.165) is 26.2 Å². The third kappa shape index (κ3) is 6.20. The van der Waals surface area contributed by atoms with Gasteiger partial charge >= 0.3 is 0 Å². The number of likely N-dealkylation sites (N-methyl/N-ethyl adjacent to an activating group) is 1. The lowest BCUT2D eigenvalue weighted by Gasteiger charge is -2.32. The van der Waals surface area contributed by atoms with Gasteiger partial charge in [0.25, 0.3) is 5.91 Å². The highest BCUT2D eigenvalue weighted by Gasteiger charge is 2.20. The molecule has 11 nitrogen and oxygen atoms in total. The van der Waals surface area contributed by atoms with Crippen molar-refractivity contribution < 1.29 is 13.9 Å². The van der Waals surface area contributed by atoms with Crippen LogP contribution < -0.4 is 15.5 Å². The molecule has 0 spiro atoms. The van der Waals surface area contributed by atoms with Gasteiger partial charge in [0, 0.05) is 43.2 Å². The number of hydrogen-bond donors (Lipinski definition) is 3. The first-order valence-corrected chi connectivity index (χ1v) is 12.2. The molecule has 4 rings (SSSR count). The van der Waals surface area contributed by atoms with E-state index in [2.05, 4.69) is 47.4 Å². The number of amides is 1. The van der Waals surface area contributed by atoms with Crippen molar-refractivity contribution in [3.63, 3.8) is 0 Å². The zero-order chi connectivity index (χ0) is 27.4. The summed E-state index contributed by atoms with van der Waals surface area (Å²) in [5.74, 6) is 0.0921. The van der Waals surface area contributed by atoms with Crippen molar-refractivity contribution in [3.05, 3.63) is 53.9 Å². The highest BCUT2D eigenvalue weighted by Crippen LogP contribution is 2.27. The van der Waals surface area contributed by atoms with Crippen molar-refractivity contribution in [2.75, 3.05) is 50.6 Å². The number of piperazine rings is 1. The van der Waals surface area contributed by atoms with Crippen LogP contribution in [0.3, 0.4) is 0 Å². The second-order valence-corrected chi connectivity index (χ2v) is 10.1. The van der Waals surface area contributed by atoms with Gasteiger partial charge in [0.15, 0.2) is 5.82 Å². The number of fused-ring (bicyclic) bond motifs is 1. The number of carbonyl (C=O) groups excluding carboxylic acids is 1. The first kappa shape index (κ1) is 26.9. The minimum atomic E-state index is -0.578. The molecule has 0 unspecified atom stereocenters. The third-order valence-electron chi connectivity index (χ3n) is 6.12. The standard InChI is InChI=1S/C26H32FN9O2/c1-26(2,3)20(38-5)13-21(28)33-24(37)16-6-7-17(27)18(12-16)32-23-22-19(30-15-31-23)14-29-25(34-22)36-10-8-35(4)9-11-36/h6-7,12-15H,8-11H2,1-5H3,(H2,28,33,37)(H,30,31,32)/b20-13-. The van der Waals surface area contributed by atoms with Crippen LogP contribution in [0.15, 0.2) is 42.6 Å². The number of ether oxygens (including phenoxy) is 1. The highest BCUT2D eigenvalue weighted by molar-refractivity contribution is 6.09. The van der Waals surface area contributed by atoms with E-state index in [9.17, 15) is 9.18 Å². The molecule has 38 heavy (non-hydrogen) atoms. The summed E-state index contributed by atoms with van der Waals surface area (Å²) in [6.45, 7) is 9.18. The lowest BCUT2D eigenvalue weighted by atomic mass is 9.93. The van der Waals surface area contributed by atoms with Gasteiger partial charge in [-0.25, -0.2) is 24.3 Å². The summed E-state index contributed by atoms with van der Waals surface area (Å²) in [6.07, 6.45) is 4.41. The predicted octanol–water partition coefficient (Wildman–Crippen LogP) is 3.34. The SMILES string of the molecule is CO/C(=C\C(=N)NC(=O)c1ccc(F)c(Nc2ncnc3cnc(N4CCN(C)CC4)nc23)c1)C(C)(C)C. The topological polar surface area (TPSA) is 132 Å². The Balaban J connectivity index is 1.57. The fourth-order valence-corrected chi connectivity index (χ4v) is 3.93. The first-order valence-electron chi connectivity index (χ1n) is 12.2. The minimum absolute atomic E-state index is 0.0340. The normalized spacial score (nSPS) is 14.9. The molecule has 3 N–H and O–H groups in total.